The molecule has 1 aliphatic rings. The molecule has 3 aromatic rings. The zero-order chi connectivity index (χ0) is 18.1. The third kappa shape index (κ3) is 2.79. The van der Waals surface area contributed by atoms with Gasteiger partial charge < -0.3 is 14.7 Å². The van der Waals surface area contributed by atoms with Crippen molar-refractivity contribution in [1.29, 1.82) is 0 Å². The van der Waals surface area contributed by atoms with E-state index in [2.05, 4.69) is 5.10 Å². The third-order valence-electron chi connectivity index (χ3n) is 4.18. The number of carboxylic acids is 1. The van der Waals surface area contributed by atoms with Crippen LogP contribution in [0.5, 0.6) is 5.75 Å². The molecule has 7 heteroatoms. The molecule has 0 unspecified atom stereocenters. The van der Waals surface area contributed by atoms with Gasteiger partial charge in [0.1, 0.15) is 5.75 Å². The number of carbonyl (C=O) groups is 2. The molecule has 1 atom stereocenters. The van der Waals surface area contributed by atoms with E-state index in [4.69, 9.17) is 4.74 Å². The fourth-order valence-corrected chi connectivity index (χ4v) is 2.89. The van der Waals surface area contributed by atoms with Crippen LogP contribution in [0.1, 0.15) is 10.4 Å². The Balaban J connectivity index is 1.65. The number of amides is 1. The number of rotatable bonds is 3. The first kappa shape index (κ1) is 15.9. The normalized spacial score (nSPS) is 15.8. The number of ether oxygens (including phenoxy) is 1. The van der Waals surface area contributed by atoms with Gasteiger partial charge in [-0.25, -0.2) is 9.48 Å². The number of aliphatic carboxylic acids is 1. The standard InChI is InChI=1S/C19H15N3O4/c23-18(13-6-8-14(9-7-13)22-11-3-10-20-22)21-12-17(19(24)25)26-16-5-2-1-4-15(16)21/h1-11,17H,12H2,(H,24,25)/t17-/m0/s1. The van der Waals surface area contributed by atoms with Gasteiger partial charge in [0.2, 0.25) is 6.10 Å². The van der Waals surface area contributed by atoms with Crippen molar-refractivity contribution in [3.8, 4) is 11.4 Å². The predicted octanol–water partition coefficient (Wildman–Crippen LogP) is 2.36. The molecule has 2 heterocycles. The van der Waals surface area contributed by atoms with Gasteiger partial charge in [0.25, 0.3) is 5.91 Å². The monoisotopic (exact) mass is 349 g/mol. The highest BCUT2D eigenvalue weighted by molar-refractivity contribution is 6.07. The summed E-state index contributed by atoms with van der Waals surface area (Å²) in [5.41, 5.74) is 1.85. The van der Waals surface area contributed by atoms with E-state index < -0.39 is 12.1 Å². The van der Waals surface area contributed by atoms with Gasteiger partial charge in [0, 0.05) is 18.0 Å². The molecule has 1 aromatic heterocycles. The quantitative estimate of drug-likeness (QED) is 0.785. The zero-order valence-corrected chi connectivity index (χ0v) is 13.6. The molecule has 1 N–H and O–H groups in total. The molecule has 0 saturated carbocycles. The van der Waals surface area contributed by atoms with Gasteiger partial charge >= 0.3 is 5.97 Å². The first-order chi connectivity index (χ1) is 12.6. The second-order valence-corrected chi connectivity index (χ2v) is 5.83. The van der Waals surface area contributed by atoms with E-state index in [1.165, 1.54) is 4.90 Å². The highest BCUT2D eigenvalue weighted by atomic mass is 16.5. The Bertz CT molecular complexity index is 951. The van der Waals surface area contributed by atoms with Crippen LogP contribution in [0.15, 0.2) is 67.0 Å². The number of nitrogens with zero attached hydrogens (tertiary/aromatic N) is 3. The number of carbonyl (C=O) groups excluding carboxylic acids is 1. The van der Waals surface area contributed by atoms with Crippen molar-refractivity contribution in [2.24, 2.45) is 0 Å². The largest absolute Gasteiger partial charge is 0.478 e. The predicted molar refractivity (Wildman–Crippen MR) is 93.7 cm³/mol. The van der Waals surface area contributed by atoms with Crippen molar-refractivity contribution in [3.05, 3.63) is 72.6 Å². The zero-order valence-electron chi connectivity index (χ0n) is 13.6. The second-order valence-electron chi connectivity index (χ2n) is 5.83. The number of para-hydroxylation sites is 2. The average molecular weight is 349 g/mol. The van der Waals surface area contributed by atoms with E-state index >= 15 is 0 Å². The van der Waals surface area contributed by atoms with Crippen LogP contribution in [0.2, 0.25) is 0 Å². The Labute approximate surface area is 149 Å². The van der Waals surface area contributed by atoms with E-state index in [0.717, 1.165) is 5.69 Å². The molecule has 130 valence electrons. The maximum Gasteiger partial charge on any atom is 0.346 e. The van der Waals surface area contributed by atoms with Gasteiger partial charge in [0.05, 0.1) is 17.9 Å². The molecular weight excluding hydrogens is 334 g/mol. The molecule has 0 radical (unpaired) electrons. The number of aromatic nitrogens is 2. The minimum absolute atomic E-state index is 0.0495. The van der Waals surface area contributed by atoms with E-state index in [1.54, 1.807) is 59.4 Å². The van der Waals surface area contributed by atoms with Gasteiger partial charge in [-0.3, -0.25) is 4.79 Å². The molecule has 7 nitrogen and oxygen atoms in total. The molecule has 0 saturated heterocycles. The molecule has 2 aromatic carbocycles. The molecular formula is C19H15N3O4. The third-order valence-corrected chi connectivity index (χ3v) is 4.18. The summed E-state index contributed by atoms with van der Waals surface area (Å²) < 4.78 is 7.17. The number of carboxylic acid groups (broad SMARTS) is 1. The number of hydrogen-bond acceptors (Lipinski definition) is 4. The summed E-state index contributed by atoms with van der Waals surface area (Å²) in [4.78, 5) is 25.8. The van der Waals surface area contributed by atoms with Crippen molar-refractivity contribution >= 4 is 17.6 Å². The number of anilines is 1. The molecule has 1 amide bonds. The van der Waals surface area contributed by atoms with E-state index in [0.29, 0.717) is 17.0 Å². The molecule has 0 bridgehead atoms. The van der Waals surface area contributed by atoms with Crippen LogP contribution in [0.3, 0.4) is 0 Å². The van der Waals surface area contributed by atoms with Crippen LogP contribution in [0.4, 0.5) is 5.69 Å². The van der Waals surface area contributed by atoms with Gasteiger partial charge in [-0.1, -0.05) is 12.1 Å². The van der Waals surface area contributed by atoms with Gasteiger partial charge in [-0.15, -0.1) is 0 Å². The van der Waals surface area contributed by atoms with Gasteiger partial charge in [0.15, 0.2) is 0 Å². The summed E-state index contributed by atoms with van der Waals surface area (Å²) in [6, 6.07) is 15.7. The number of hydrogen-bond donors (Lipinski definition) is 1. The SMILES string of the molecule is O=C(O)[C@@H]1CN(C(=O)c2ccc(-n3cccn3)cc2)c2ccccc2O1. The fourth-order valence-electron chi connectivity index (χ4n) is 2.89. The molecule has 4 rings (SSSR count). The van der Waals surface area contributed by atoms with Crippen LogP contribution in [0, 0.1) is 0 Å². The van der Waals surface area contributed by atoms with Crippen molar-refractivity contribution in [3.63, 3.8) is 0 Å². The summed E-state index contributed by atoms with van der Waals surface area (Å²) in [5, 5.41) is 13.5. The van der Waals surface area contributed by atoms with Crippen molar-refractivity contribution in [2.45, 2.75) is 6.10 Å². The first-order valence-electron chi connectivity index (χ1n) is 8.04. The lowest BCUT2D eigenvalue weighted by Crippen LogP contribution is -2.47. The van der Waals surface area contributed by atoms with E-state index in [1.807, 2.05) is 12.3 Å². The number of benzene rings is 2. The Morgan fingerprint density at radius 3 is 2.54 bits per heavy atom. The maximum absolute atomic E-state index is 13.0. The van der Waals surface area contributed by atoms with E-state index in [-0.39, 0.29) is 12.5 Å². The van der Waals surface area contributed by atoms with Crippen molar-refractivity contribution in [2.75, 3.05) is 11.4 Å². The molecule has 0 fully saturated rings. The fraction of sp³-hybridized carbons (Fsp3) is 0.105. The summed E-state index contributed by atoms with van der Waals surface area (Å²) in [7, 11) is 0. The minimum atomic E-state index is -1.11. The topological polar surface area (TPSA) is 84.7 Å². The first-order valence-corrected chi connectivity index (χ1v) is 8.04. The summed E-state index contributed by atoms with van der Waals surface area (Å²) in [6.45, 7) is -0.0495. The summed E-state index contributed by atoms with van der Waals surface area (Å²) in [5.74, 6) is -1.00. The van der Waals surface area contributed by atoms with Crippen LogP contribution in [-0.2, 0) is 4.79 Å². The highest BCUT2D eigenvalue weighted by Crippen LogP contribution is 2.34. The molecule has 0 spiro atoms. The summed E-state index contributed by atoms with van der Waals surface area (Å²) >= 11 is 0. The molecule has 26 heavy (non-hydrogen) atoms. The smallest absolute Gasteiger partial charge is 0.346 e. The van der Waals surface area contributed by atoms with Gasteiger partial charge in [-0.2, -0.15) is 5.10 Å². The Morgan fingerprint density at radius 1 is 1.08 bits per heavy atom. The Morgan fingerprint density at radius 2 is 1.85 bits per heavy atom. The van der Waals surface area contributed by atoms with Crippen molar-refractivity contribution < 1.29 is 19.4 Å². The Hall–Kier alpha value is -3.61. The van der Waals surface area contributed by atoms with Crippen molar-refractivity contribution in [1.82, 2.24) is 9.78 Å². The lowest BCUT2D eigenvalue weighted by atomic mass is 10.1. The summed E-state index contributed by atoms with van der Waals surface area (Å²) in [6.07, 6.45) is 2.39. The van der Waals surface area contributed by atoms with Crippen LogP contribution < -0.4 is 9.64 Å². The second kappa shape index (κ2) is 6.36. The van der Waals surface area contributed by atoms with E-state index in [9.17, 15) is 14.7 Å². The van der Waals surface area contributed by atoms with Crippen LogP contribution in [-0.4, -0.2) is 39.4 Å². The highest BCUT2D eigenvalue weighted by Gasteiger charge is 2.34. The lowest BCUT2D eigenvalue weighted by Gasteiger charge is -2.33. The maximum atomic E-state index is 13.0. The van der Waals surface area contributed by atoms with Gasteiger partial charge in [-0.05, 0) is 42.5 Å². The van der Waals surface area contributed by atoms with Crippen LogP contribution >= 0.6 is 0 Å². The van der Waals surface area contributed by atoms with Crippen LogP contribution in [0.25, 0.3) is 5.69 Å². The average Bonchev–Trinajstić information content (AvgIpc) is 3.21. The lowest BCUT2D eigenvalue weighted by molar-refractivity contribution is -0.144. The molecule has 1 aliphatic heterocycles. The Kier molecular flexibility index (Phi) is 3.89. The molecule has 0 aliphatic carbocycles. The minimum Gasteiger partial charge on any atom is -0.478 e. The number of fused-ring (bicyclic) bond motifs is 1.